The minimum absolute atomic E-state index is 0.271. The molecule has 1 unspecified atom stereocenters. The van der Waals surface area contributed by atoms with Crippen molar-refractivity contribution in [1.82, 2.24) is 0 Å². The Morgan fingerprint density at radius 3 is 2.26 bits per heavy atom. The van der Waals surface area contributed by atoms with E-state index in [0.29, 0.717) is 29.5 Å². The van der Waals surface area contributed by atoms with Crippen LogP contribution < -0.4 is 4.74 Å². The van der Waals surface area contributed by atoms with Gasteiger partial charge in [0.2, 0.25) is 0 Å². The first-order valence-corrected chi connectivity index (χ1v) is 11.5. The number of esters is 1. The van der Waals surface area contributed by atoms with Crippen LogP contribution >= 0.6 is 15.9 Å². The number of alkyl halides is 1. The van der Waals surface area contributed by atoms with Crippen molar-refractivity contribution >= 4 is 21.9 Å². The number of hydrogen-bond donors (Lipinski definition) is 0. The van der Waals surface area contributed by atoms with Gasteiger partial charge in [-0.1, -0.05) is 75.2 Å². The summed E-state index contributed by atoms with van der Waals surface area (Å²) in [6, 6.07) is 7.22. The van der Waals surface area contributed by atoms with Gasteiger partial charge in [-0.15, -0.1) is 0 Å². The van der Waals surface area contributed by atoms with Gasteiger partial charge in [-0.25, -0.2) is 4.79 Å². The summed E-state index contributed by atoms with van der Waals surface area (Å²) in [6.45, 7) is 7.46. The van der Waals surface area contributed by atoms with Crippen LogP contribution in [0.15, 0.2) is 24.3 Å². The van der Waals surface area contributed by atoms with Crippen molar-refractivity contribution in [3.63, 3.8) is 0 Å². The fraction of sp³-hybridized carbons (Fsp3) is 0.696. The summed E-state index contributed by atoms with van der Waals surface area (Å²) in [6.07, 6.45) is 11.5. The lowest BCUT2D eigenvalue weighted by atomic mass is 10.1. The van der Waals surface area contributed by atoms with Crippen molar-refractivity contribution in [1.29, 1.82) is 0 Å². The van der Waals surface area contributed by atoms with Crippen LogP contribution in [0.2, 0.25) is 0 Å². The first kappa shape index (κ1) is 24.0. The van der Waals surface area contributed by atoms with Gasteiger partial charge in [-0.2, -0.15) is 0 Å². The Hall–Kier alpha value is -1.03. The molecule has 0 N–H and O–H groups in total. The van der Waals surface area contributed by atoms with Crippen molar-refractivity contribution in [2.24, 2.45) is 5.92 Å². The molecule has 0 heterocycles. The lowest BCUT2D eigenvalue weighted by Crippen LogP contribution is -2.10. The van der Waals surface area contributed by atoms with Crippen LogP contribution in [0.25, 0.3) is 0 Å². The quantitative estimate of drug-likeness (QED) is 0.164. The monoisotopic (exact) mass is 440 g/mol. The minimum atomic E-state index is -0.271. The third-order valence-electron chi connectivity index (χ3n) is 4.44. The Labute approximate surface area is 174 Å². The van der Waals surface area contributed by atoms with E-state index in [4.69, 9.17) is 9.47 Å². The lowest BCUT2D eigenvalue weighted by molar-refractivity contribution is 0.0459. The maximum Gasteiger partial charge on any atom is 0.338 e. The first-order valence-electron chi connectivity index (χ1n) is 10.6. The summed E-state index contributed by atoms with van der Waals surface area (Å²) in [5, 5.41) is 0. The van der Waals surface area contributed by atoms with Crippen molar-refractivity contribution < 1.29 is 14.3 Å². The molecule has 0 saturated heterocycles. The molecular formula is C23H37BrO3. The standard InChI is InChI=1S/C23H37BrO3/c1-4-5-6-7-8-9-11-21(24)12-10-17-26-22-15-13-20(14-16-22)23(25)27-18-19(2)3/h13-16,19,21H,4-12,17-18H2,1-3H3. The van der Waals surface area contributed by atoms with Gasteiger partial charge in [-0.3, -0.25) is 0 Å². The highest BCUT2D eigenvalue weighted by Gasteiger charge is 2.08. The lowest BCUT2D eigenvalue weighted by Gasteiger charge is -2.11. The van der Waals surface area contributed by atoms with Crippen LogP contribution in [0.4, 0.5) is 0 Å². The summed E-state index contributed by atoms with van der Waals surface area (Å²) in [7, 11) is 0. The zero-order valence-electron chi connectivity index (χ0n) is 17.3. The Morgan fingerprint density at radius 1 is 0.963 bits per heavy atom. The maximum atomic E-state index is 11.9. The number of benzene rings is 1. The molecule has 154 valence electrons. The average molecular weight is 441 g/mol. The molecule has 1 aromatic rings. The summed E-state index contributed by atoms with van der Waals surface area (Å²) in [4.78, 5) is 12.5. The number of unbranched alkanes of at least 4 members (excludes halogenated alkanes) is 5. The fourth-order valence-corrected chi connectivity index (χ4v) is 3.45. The van der Waals surface area contributed by atoms with Gasteiger partial charge in [0.05, 0.1) is 18.8 Å². The van der Waals surface area contributed by atoms with Gasteiger partial charge in [0.1, 0.15) is 5.75 Å². The molecule has 27 heavy (non-hydrogen) atoms. The second-order valence-corrected chi connectivity index (χ2v) is 8.96. The second kappa shape index (κ2) is 15.0. The van der Waals surface area contributed by atoms with Crippen LogP contribution in [-0.2, 0) is 4.74 Å². The maximum absolute atomic E-state index is 11.9. The van der Waals surface area contributed by atoms with Gasteiger partial charge in [-0.05, 0) is 49.4 Å². The van der Waals surface area contributed by atoms with Crippen LogP contribution in [0.1, 0.15) is 88.9 Å². The molecule has 0 fully saturated rings. The molecule has 0 aliphatic rings. The highest BCUT2D eigenvalue weighted by atomic mass is 79.9. The molecule has 4 heteroatoms. The average Bonchev–Trinajstić information content (AvgIpc) is 2.66. The van der Waals surface area contributed by atoms with Gasteiger partial charge in [0.15, 0.2) is 0 Å². The molecule has 0 bridgehead atoms. The highest BCUT2D eigenvalue weighted by molar-refractivity contribution is 9.09. The number of ether oxygens (including phenoxy) is 2. The topological polar surface area (TPSA) is 35.5 Å². The van der Waals surface area contributed by atoms with Gasteiger partial charge in [0, 0.05) is 4.83 Å². The molecule has 0 aliphatic carbocycles. The highest BCUT2D eigenvalue weighted by Crippen LogP contribution is 2.18. The van der Waals surface area contributed by atoms with E-state index >= 15 is 0 Å². The van der Waals surface area contributed by atoms with E-state index in [1.54, 1.807) is 12.1 Å². The Kier molecular flexibility index (Phi) is 13.3. The van der Waals surface area contributed by atoms with E-state index in [9.17, 15) is 4.79 Å². The number of carbonyl (C=O) groups is 1. The van der Waals surface area contributed by atoms with E-state index in [2.05, 4.69) is 22.9 Å². The summed E-state index contributed by atoms with van der Waals surface area (Å²) in [5.74, 6) is 0.875. The fourth-order valence-electron chi connectivity index (χ4n) is 2.80. The molecule has 3 nitrogen and oxygen atoms in total. The van der Waals surface area contributed by atoms with Crippen molar-refractivity contribution in [3.05, 3.63) is 29.8 Å². The predicted molar refractivity (Wildman–Crippen MR) is 117 cm³/mol. The molecule has 0 amide bonds. The van der Waals surface area contributed by atoms with Gasteiger partial charge in [0.25, 0.3) is 0 Å². The Morgan fingerprint density at radius 2 is 1.59 bits per heavy atom. The second-order valence-electron chi connectivity index (χ2n) is 7.66. The third-order valence-corrected chi connectivity index (χ3v) is 5.35. The van der Waals surface area contributed by atoms with E-state index < -0.39 is 0 Å². The molecule has 0 aromatic heterocycles. The predicted octanol–water partition coefficient (Wildman–Crippen LogP) is 7.17. The van der Waals surface area contributed by atoms with Crippen LogP contribution in [0, 0.1) is 5.92 Å². The Bertz CT molecular complexity index is 499. The Balaban J connectivity index is 2.13. The molecule has 0 aliphatic heterocycles. The van der Waals surface area contributed by atoms with Gasteiger partial charge < -0.3 is 9.47 Å². The molecule has 1 atom stereocenters. The summed E-state index contributed by atoms with van der Waals surface area (Å²) in [5.41, 5.74) is 0.572. The number of halogens is 1. The summed E-state index contributed by atoms with van der Waals surface area (Å²) >= 11 is 3.79. The molecule has 0 spiro atoms. The van der Waals surface area contributed by atoms with Crippen molar-refractivity contribution in [2.75, 3.05) is 13.2 Å². The van der Waals surface area contributed by atoms with Crippen LogP contribution in [0.5, 0.6) is 5.75 Å². The smallest absolute Gasteiger partial charge is 0.338 e. The third kappa shape index (κ3) is 12.1. The SMILES string of the molecule is CCCCCCCCC(Br)CCCOc1ccc(C(=O)OCC(C)C)cc1. The van der Waals surface area contributed by atoms with E-state index in [1.807, 2.05) is 26.0 Å². The number of carbonyl (C=O) groups excluding carboxylic acids is 1. The summed E-state index contributed by atoms with van der Waals surface area (Å²) < 4.78 is 11.0. The first-order chi connectivity index (χ1) is 13.0. The van der Waals surface area contributed by atoms with Crippen molar-refractivity contribution in [3.8, 4) is 5.75 Å². The number of hydrogen-bond acceptors (Lipinski definition) is 3. The normalized spacial score (nSPS) is 12.2. The van der Waals surface area contributed by atoms with E-state index in [0.717, 1.165) is 18.6 Å². The molecule has 0 radical (unpaired) electrons. The zero-order valence-corrected chi connectivity index (χ0v) is 18.9. The molecule has 0 saturated carbocycles. The van der Waals surface area contributed by atoms with Gasteiger partial charge >= 0.3 is 5.97 Å². The largest absolute Gasteiger partial charge is 0.494 e. The van der Waals surface area contributed by atoms with Crippen LogP contribution in [-0.4, -0.2) is 24.0 Å². The molecular weight excluding hydrogens is 404 g/mol. The van der Waals surface area contributed by atoms with E-state index in [-0.39, 0.29) is 5.97 Å². The van der Waals surface area contributed by atoms with Crippen molar-refractivity contribution in [2.45, 2.75) is 83.4 Å². The minimum Gasteiger partial charge on any atom is -0.494 e. The number of rotatable bonds is 15. The van der Waals surface area contributed by atoms with E-state index in [1.165, 1.54) is 44.9 Å². The van der Waals surface area contributed by atoms with Crippen LogP contribution in [0.3, 0.4) is 0 Å². The molecule has 1 aromatic carbocycles. The molecule has 1 rings (SSSR count). The zero-order chi connectivity index (χ0) is 19.9.